The molecule has 0 saturated heterocycles. The van der Waals surface area contributed by atoms with Gasteiger partial charge in [-0.3, -0.25) is 19.4 Å². The van der Waals surface area contributed by atoms with Gasteiger partial charge in [0.1, 0.15) is 5.69 Å². The number of pyridine rings is 1. The summed E-state index contributed by atoms with van der Waals surface area (Å²) in [4.78, 5) is 28.9. The number of H-pyrrole nitrogens is 1. The predicted octanol–water partition coefficient (Wildman–Crippen LogP) is 0.616. The summed E-state index contributed by atoms with van der Waals surface area (Å²) < 4.78 is 38.9. The van der Waals surface area contributed by atoms with Gasteiger partial charge in [-0.2, -0.15) is 18.2 Å². The molecule has 0 aromatic carbocycles. The van der Waals surface area contributed by atoms with Crippen molar-refractivity contribution in [1.82, 2.24) is 19.7 Å². The van der Waals surface area contributed by atoms with Crippen LogP contribution in [-0.2, 0) is 13.2 Å². The van der Waals surface area contributed by atoms with Crippen LogP contribution in [0, 0.1) is 0 Å². The van der Waals surface area contributed by atoms with Gasteiger partial charge >= 0.3 is 17.3 Å². The topological polar surface area (TPSA) is 107 Å². The quantitative estimate of drug-likeness (QED) is 0.786. The molecule has 0 spiro atoms. The molecule has 0 aliphatic heterocycles. The number of halogens is 3. The average Bonchev–Trinajstić information content (AvgIpc) is 2.37. The van der Waals surface area contributed by atoms with Gasteiger partial charge in [-0.05, 0) is 17.8 Å². The molecule has 0 aliphatic rings. The van der Waals surface area contributed by atoms with Crippen LogP contribution < -0.4 is 16.9 Å². The summed E-state index contributed by atoms with van der Waals surface area (Å²) in [7, 11) is 1.39. The average molecular weight is 319 g/mol. The summed E-state index contributed by atoms with van der Waals surface area (Å²) in [5, 5.41) is 2.17. The normalized spacial score (nSPS) is 11.6. The third kappa shape index (κ3) is 3.24. The van der Waals surface area contributed by atoms with Crippen LogP contribution in [0.3, 0.4) is 0 Å². The molecular weight excluding hydrogens is 311 g/mol. The number of nitrogens with one attached hydrogen (secondary N) is 1. The summed E-state index contributed by atoms with van der Waals surface area (Å²) in [6.45, 7) is 0. The summed E-state index contributed by atoms with van der Waals surface area (Å²) in [6.07, 6.45) is -3.75. The van der Waals surface area contributed by atoms with Crippen LogP contribution in [-0.4, -0.2) is 19.7 Å². The molecule has 0 aliphatic carbocycles. The van der Waals surface area contributed by atoms with E-state index in [1.807, 2.05) is 0 Å². The molecule has 0 amide bonds. The van der Waals surface area contributed by atoms with Crippen molar-refractivity contribution in [3.8, 4) is 0 Å². The Bertz CT molecular complexity index is 799. The van der Waals surface area contributed by atoms with Crippen molar-refractivity contribution >= 4 is 17.4 Å². The standard InChI is InChI=1S/C10H8F3N5O2S/c1-18-9(16-7(19)8(20)17-18)21-5-2-6(10(11,12)13)15-3-4(5)14/h2-3H,14H2,1H3,(H,17,20). The zero-order valence-corrected chi connectivity index (χ0v) is 11.2. The fraction of sp³-hybridized carbons (Fsp3) is 0.200. The minimum Gasteiger partial charge on any atom is -0.397 e. The second-order valence-corrected chi connectivity index (χ2v) is 4.92. The SMILES string of the molecule is Cn1[nH]c(=O)c(=O)nc1Sc1cc(C(F)(F)F)ncc1N. The molecule has 2 aromatic heterocycles. The zero-order chi connectivity index (χ0) is 15.8. The lowest BCUT2D eigenvalue weighted by molar-refractivity contribution is -0.141. The molecule has 0 bridgehead atoms. The van der Waals surface area contributed by atoms with E-state index in [0.717, 1.165) is 16.9 Å². The van der Waals surface area contributed by atoms with Crippen LogP contribution in [0.15, 0.2) is 31.9 Å². The van der Waals surface area contributed by atoms with Crippen LogP contribution in [0.1, 0.15) is 5.69 Å². The fourth-order valence-corrected chi connectivity index (χ4v) is 2.19. The van der Waals surface area contributed by atoms with E-state index in [0.29, 0.717) is 11.8 Å². The maximum absolute atomic E-state index is 12.6. The number of hydrogen-bond acceptors (Lipinski definition) is 6. The summed E-state index contributed by atoms with van der Waals surface area (Å²) in [6, 6.07) is 0.747. The molecule has 11 heteroatoms. The molecule has 3 N–H and O–H groups in total. The van der Waals surface area contributed by atoms with Gasteiger partial charge in [0.2, 0.25) is 0 Å². The molecule has 0 fully saturated rings. The van der Waals surface area contributed by atoms with Gasteiger partial charge in [0, 0.05) is 11.9 Å². The highest BCUT2D eigenvalue weighted by molar-refractivity contribution is 7.99. The van der Waals surface area contributed by atoms with E-state index in [1.54, 1.807) is 0 Å². The van der Waals surface area contributed by atoms with Gasteiger partial charge < -0.3 is 5.73 Å². The number of aromatic amines is 1. The van der Waals surface area contributed by atoms with E-state index in [1.165, 1.54) is 7.05 Å². The minimum absolute atomic E-state index is 0.00607. The Hall–Kier alpha value is -2.30. The lowest BCUT2D eigenvalue weighted by Crippen LogP contribution is -2.33. The molecular formula is C10H8F3N5O2S. The molecule has 0 saturated carbocycles. The van der Waals surface area contributed by atoms with Crippen molar-refractivity contribution < 1.29 is 13.2 Å². The number of nitrogens with zero attached hydrogens (tertiary/aromatic N) is 3. The molecule has 0 unspecified atom stereocenters. The number of nitrogens with two attached hydrogens (primary N) is 1. The number of anilines is 1. The molecule has 21 heavy (non-hydrogen) atoms. The molecule has 2 aromatic rings. The second-order valence-electron chi connectivity index (χ2n) is 3.91. The van der Waals surface area contributed by atoms with Gasteiger partial charge in [-0.1, -0.05) is 0 Å². The fourth-order valence-electron chi connectivity index (χ4n) is 1.34. The highest BCUT2D eigenvalue weighted by Gasteiger charge is 2.33. The lowest BCUT2D eigenvalue weighted by Gasteiger charge is -2.10. The first-order valence-corrected chi connectivity index (χ1v) is 6.18. The van der Waals surface area contributed by atoms with Gasteiger partial charge in [-0.15, -0.1) is 0 Å². The summed E-state index contributed by atoms with van der Waals surface area (Å²) >= 11 is 0.711. The molecule has 2 heterocycles. The first kappa shape index (κ1) is 15.1. The maximum atomic E-state index is 12.6. The van der Waals surface area contributed by atoms with E-state index in [-0.39, 0.29) is 15.7 Å². The second kappa shape index (κ2) is 5.24. The number of rotatable bonds is 2. The highest BCUT2D eigenvalue weighted by Crippen LogP contribution is 2.34. The third-order valence-corrected chi connectivity index (χ3v) is 3.46. The Morgan fingerprint density at radius 1 is 1.38 bits per heavy atom. The predicted molar refractivity (Wildman–Crippen MR) is 67.9 cm³/mol. The summed E-state index contributed by atoms with van der Waals surface area (Å²) in [5.41, 5.74) is 2.47. The van der Waals surface area contributed by atoms with Crippen molar-refractivity contribution in [2.24, 2.45) is 7.05 Å². The molecule has 7 nitrogen and oxygen atoms in total. The number of aromatic nitrogens is 4. The molecule has 0 radical (unpaired) electrons. The van der Waals surface area contributed by atoms with Crippen LogP contribution in [0.5, 0.6) is 0 Å². The Balaban J connectivity index is 2.47. The highest BCUT2D eigenvalue weighted by atomic mass is 32.2. The number of hydrogen-bond donors (Lipinski definition) is 2. The first-order valence-electron chi connectivity index (χ1n) is 5.36. The van der Waals surface area contributed by atoms with Crippen LogP contribution in [0.2, 0.25) is 0 Å². The monoisotopic (exact) mass is 319 g/mol. The van der Waals surface area contributed by atoms with Gasteiger partial charge in [0.05, 0.1) is 11.9 Å². The smallest absolute Gasteiger partial charge is 0.397 e. The van der Waals surface area contributed by atoms with E-state index in [9.17, 15) is 22.8 Å². The van der Waals surface area contributed by atoms with E-state index >= 15 is 0 Å². The Labute approximate surface area is 119 Å². The van der Waals surface area contributed by atoms with Crippen molar-refractivity contribution in [3.05, 3.63) is 38.7 Å². The Kier molecular flexibility index (Phi) is 3.77. The Morgan fingerprint density at radius 3 is 2.67 bits per heavy atom. The van der Waals surface area contributed by atoms with E-state index in [4.69, 9.17) is 5.73 Å². The van der Waals surface area contributed by atoms with Crippen LogP contribution >= 0.6 is 11.8 Å². The van der Waals surface area contributed by atoms with Gasteiger partial charge in [0.15, 0.2) is 5.16 Å². The van der Waals surface area contributed by atoms with E-state index < -0.39 is 23.0 Å². The zero-order valence-electron chi connectivity index (χ0n) is 10.4. The van der Waals surface area contributed by atoms with Crippen LogP contribution in [0.25, 0.3) is 0 Å². The maximum Gasteiger partial charge on any atom is 0.433 e. The van der Waals surface area contributed by atoms with Crippen LogP contribution in [0.4, 0.5) is 18.9 Å². The largest absolute Gasteiger partial charge is 0.433 e. The van der Waals surface area contributed by atoms with Crippen molar-refractivity contribution in [3.63, 3.8) is 0 Å². The van der Waals surface area contributed by atoms with Gasteiger partial charge in [-0.25, -0.2) is 4.98 Å². The van der Waals surface area contributed by atoms with Crippen molar-refractivity contribution in [1.29, 1.82) is 0 Å². The lowest BCUT2D eigenvalue weighted by atomic mass is 10.3. The Morgan fingerprint density at radius 2 is 2.05 bits per heavy atom. The number of nitrogen functional groups attached to an aromatic ring is 1. The van der Waals surface area contributed by atoms with Crippen molar-refractivity contribution in [2.45, 2.75) is 16.2 Å². The molecule has 0 atom stereocenters. The first-order chi connectivity index (χ1) is 9.68. The van der Waals surface area contributed by atoms with Gasteiger partial charge in [0.25, 0.3) is 0 Å². The molecule has 2 rings (SSSR count). The minimum atomic E-state index is -4.62. The summed E-state index contributed by atoms with van der Waals surface area (Å²) in [5.74, 6) is 0. The number of alkyl halides is 3. The van der Waals surface area contributed by atoms with E-state index in [2.05, 4.69) is 15.1 Å². The van der Waals surface area contributed by atoms with Crippen molar-refractivity contribution in [2.75, 3.05) is 5.73 Å². The molecule has 112 valence electrons. The third-order valence-electron chi connectivity index (χ3n) is 2.33. The number of aryl methyl sites for hydroxylation is 1.